The van der Waals surface area contributed by atoms with Gasteiger partial charge in [0.2, 0.25) is 0 Å². The molecule has 2 aliphatic heterocycles. The summed E-state index contributed by atoms with van der Waals surface area (Å²) in [6, 6.07) is 0.875. The van der Waals surface area contributed by atoms with Crippen LogP contribution >= 0.6 is 0 Å². The van der Waals surface area contributed by atoms with Crippen LogP contribution in [0.5, 0.6) is 0 Å². The van der Waals surface area contributed by atoms with Gasteiger partial charge in [0.25, 0.3) is 0 Å². The molecule has 96 valence electrons. The normalized spacial score (nSPS) is 45.4. The van der Waals surface area contributed by atoms with E-state index in [0.29, 0.717) is 12.1 Å². The first-order chi connectivity index (χ1) is 8.22. The van der Waals surface area contributed by atoms with E-state index in [1.54, 1.807) is 0 Å². The van der Waals surface area contributed by atoms with Crippen LogP contribution < -0.4 is 0 Å². The van der Waals surface area contributed by atoms with Gasteiger partial charge < -0.3 is 9.84 Å². The lowest BCUT2D eigenvalue weighted by molar-refractivity contribution is -0.147. The Balaban J connectivity index is 1.73. The Kier molecular flexibility index (Phi) is 2.87. The van der Waals surface area contributed by atoms with Gasteiger partial charge in [0.15, 0.2) is 0 Å². The van der Waals surface area contributed by atoms with E-state index in [2.05, 4.69) is 4.90 Å². The van der Waals surface area contributed by atoms with E-state index in [1.165, 1.54) is 13.5 Å². The van der Waals surface area contributed by atoms with Crippen molar-refractivity contribution in [1.29, 1.82) is 0 Å². The number of aliphatic hydroxyl groups is 1. The molecule has 0 spiro atoms. The highest BCUT2D eigenvalue weighted by Crippen LogP contribution is 2.45. The maximum absolute atomic E-state index is 11.6. The molecule has 2 saturated heterocycles. The molecular formula is C13H21NO3. The summed E-state index contributed by atoms with van der Waals surface area (Å²) in [4.78, 5) is 14.1. The van der Waals surface area contributed by atoms with Crippen molar-refractivity contribution in [3.05, 3.63) is 0 Å². The van der Waals surface area contributed by atoms with Crippen molar-refractivity contribution in [3.63, 3.8) is 0 Å². The summed E-state index contributed by atoms with van der Waals surface area (Å²) in [6.07, 6.45) is 4.88. The van der Waals surface area contributed by atoms with Gasteiger partial charge in [0, 0.05) is 18.0 Å². The molecule has 4 heteroatoms. The molecule has 0 aromatic rings. The maximum Gasteiger partial charge on any atom is 0.308 e. The average Bonchev–Trinajstić information content (AvgIpc) is 2.92. The van der Waals surface area contributed by atoms with Crippen molar-refractivity contribution in [3.8, 4) is 0 Å². The number of rotatable bonds is 1. The topological polar surface area (TPSA) is 49.8 Å². The van der Waals surface area contributed by atoms with Crippen LogP contribution in [0.1, 0.15) is 32.1 Å². The molecule has 0 radical (unpaired) electrons. The Bertz CT molecular complexity index is 320. The number of carbonyl (C=O) groups excluding carboxylic acids is 1. The van der Waals surface area contributed by atoms with E-state index in [1.807, 2.05) is 0 Å². The van der Waals surface area contributed by atoms with Gasteiger partial charge >= 0.3 is 5.97 Å². The van der Waals surface area contributed by atoms with Crippen LogP contribution in [0.25, 0.3) is 0 Å². The van der Waals surface area contributed by atoms with Crippen LogP contribution in [0.3, 0.4) is 0 Å². The number of aliphatic hydroxyl groups excluding tert-OH is 1. The van der Waals surface area contributed by atoms with Gasteiger partial charge in [-0.05, 0) is 38.6 Å². The number of ether oxygens (including phenoxy) is 1. The van der Waals surface area contributed by atoms with Gasteiger partial charge in [0.05, 0.1) is 19.1 Å². The predicted molar refractivity (Wildman–Crippen MR) is 62.4 cm³/mol. The molecule has 0 aromatic carbocycles. The molecule has 1 N–H and O–H groups in total. The van der Waals surface area contributed by atoms with Crippen molar-refractivity contribution >= 4 is 5.97 Å². The molecule has 0 unspecified atom stereocenters. The number of fused-ring (bicyclic) bond motifs is 3. The van der Waals surface area contributed by atoms with Crippen molar-refractivity contribution in [2.75, 3.05) is 13.7 Å². The summed E-state index contributed by atoms with van der Waals surface area (Å²) in [5.41, 5.74) is 0. The zero-order valence-corrected chi connectivity index (χ0v) is 10.3. The second kappa shape index (κ2) is 4.25. The highest BCUT2D eigenvalue weighted by Gasteiger charge is 2.52. The smallest absolute Gasteiger partial charge is 0.308 e. The third-order valence-electron chi connectivity index (χ3n) is 5.00. The van der Waals surface area contributed by atoms with E-state index in [0.717, 1.165) is 32.2 Å². The Hall–Kier alpha value is -0.610. The molecule has 4 nitrogen and oxygen atoms in total. The van der Waals surface area contributed by atoms with E-state index in [-0.39, 0.29) is 23.9 Å². The standard InChI is InChI=1S/C13H21NO3/c1-17-13(16)8-4-5-10-9(7-8)12(15)11-3-2-6-14(10)11/h8-12,15H,2-7H2,1H3/t8-,9+,10-,11-,12+/m1/s1. The summed E-state index contributed by atoms with van der Waals surface area (Å²) in [7, 11) is 1.46. The van der Waals surface area contributed by atoms with Crippen LogP contribution in [0.4, 0.5) is 0 Å². The Labute approximate surface area is 102 Å². The number of esters is 1. The Morgan fingerprint density at radius 3 is 2.88 bits per heavy atom. The molecule has 0 bridgehead atoms. The molecule has 0 aromatic heterocycles. The summed E-state index contributed by atoms with van der Waals surface area (Å²) in [5.74, 6) is 0.205. The van der Waals surface area contributed by atoms with Crippen LogP contribution in [0, 0.1) is 11.8 Å². The number of nitrogens with zero attached hydrogens (tertiary/aromatic N) is 1. The number of hydrogen-bond donors (Lipinski definition) is 1. The van der Waals surface area contributed by atoms with Crippen molar-refractivity contribution in [2.24, 2.45) is 11.8 Å². The first-order valence-corrected chi connectivity index (χ1v) is 6.74. The molecule has 5 atom stereocenters. The molecular weight excluding hydrogens is 218 g/mol. The lowest BCUT2D eigenvalue weighted by Gasteiger charge is -2.34. The van der Waals surface area contributed by atoms with E-state index >= 15 is 0 Å². The van der Waals surface area contributed by atoms with Gasteiger partial charge in [-0.2, -0.15) is 0 Å². The van der Waals surface area contributed by atoms with Crippen molar-refractivity contribution < 1.29 is 14.6 Å². The minimum absolute atomic E-state index is 0.0101. The lowest BCUT2D eigenvalue weighted by Crippen LogP contribution is -2.39. The molecule has 1 aliphatic carbocycles. The summed E-state index contributed by atoms with van der Waals surface area (Å²) in [6.45, 7) is 1.13. The maximum atomic E-state index is 11.6. The van der Waals surface area contributed by atoms with Crippen LogP contribution in [-0.2, 0) is 9.53 Å². The fourth-order valence-corrected chi connectivity index (χ4v) is 4.23. The summed E-state index contributed by atoms with van der Waals surface area (Å²) < 4.78 is 4.83. The quantitative estimate of drug-likeness (QED) is 0.687. The summed E-state index contributed by atoms with van der Waals surface area (Å²) in [5, 5.41) is 10.4. The Morgan fingerprint density at radius 1 is 1.29 bits per heavy atom. The monoisotopic (exact) mass is 239 g/mol. The third-order valence-corrected chi connectivity index (χ3v) is 5.00. The van der Waals surface area contributed by atoms with Crippen molar-refractivity contribution in [1.82, 2.24) is 4.90 Å². The zero-order valence-electron chi connectivity index (χ0n) is 10.3. The summed E-state index contributed by atoms with van der Waals surface area (Å²) >= 11 is 0. The van der Waals surface area contributed by atoms with Gasteiger partial charge in [-0.1, -0.05) is 0 Å². The third kappa shape index (κ3) is 1.69. The predicted octanol–water partition coefficient (Wildman–Crippen LogP) is 0.783. The molecule has 1 saturated carbocycles. The van der Waals surface area contributed by atoms with Gasteiger partial charge in [0.1, 0.15) is 0 Å². The van der Waals surface area contributed by atoms with E-state index in [4.69, 9.17) is 4.74 Å². The van der Waals surface area contributed by atoms with Gasteiger partial charge in [-0.15, -0.1) is 0 Å². The van der Waals surface area contributed by atoms with Crippen LogP contribution in [0.15, 0.2) is 0 Å². The van der Waals surface area contributed by atoms with Crippen LogP contribution in [0.2, 0.25) is 0 Å². The lowest BCUT2D eigenvalue weighted by atomic mass is 9.76. The van der Waals surface area contributed by atoms with Crippen LogP contribution in [-0.4, -0.2) is 47.8 Å². The number of carbonyl (C=O) groups is 1. The first kappa shape index (κ1) is 11.5. The highest BCUT2D eigenvalue weighted by molar-refractivity contribution is 5.72. The molecule has 3 aliphatic rings. The number of methoxy groups -OCH3 is 1. The van der Waals surface area contributed by atoms with Gasteiger partial charge in [-0.3, -0.25) is 9.69 Å². The fourth-order valence-electron chi connectivity index (χ4n) is 4.23. The minimum Gasteiger partial charge on any atom is -0.469 e. The average molecular weight is 239 g/mol. The second-order valence-corrected chi connectivity index (χ2v) is 5.70. The minimum atomic E-state index is -0.227. The second-order valence-electron chi connectivity index (χ2n) is 5.70. The first-order valence-electron chi connectivity index (χ1n) is 6.74. The molecule has 2 heterocycles. The van der Waals surface area contributed by atoms with E-state index in [9.17, 15) is 9.90 Å². The molecule has 3 fully saturated rings. The Morgan fingerprint density at radius 2 is 2.12 bits per heavy atom. The molecule has 3 rings (SSSR count). The fraction of sp³-hybridized carbons (Fsp3) is 0.923. The van der Waals surface area contributed by atoms with E-state index < -0.39 is 0 Å². The molecule has 17 heavy (non-hydrogen) atoms. The number of hydrogen-bond acceptors (Lipinski definition) is 4. The highest BCUT2D eigenvalue weighted by atomic mass is 16.5. The molecule has 0 amide bonds. The van der Waals surface area contributed by atoms with Gasteiger partial charge in [-0.25, -0.2) is 0 Å². The largest absolute Gasteiger partial charge is 0.469 e. The SMILES string of the molecule is COC(=O)[C@@H]1CC[C@@H]2[C@H](C1)[C@H](O)[C@H]1CCCN12. The zero-order chi connectivity index (χ0) is 12.0. The van der Waals surface area contributed by atoms with Crippen molar-refractivity contribution in [2.45, 2.75) is 50.3 Å².